The van der Waals surface area contributed by atoms with Gasteiger partial charge in [-0.2, -0.15) is 0 Å². The summed E-state index contributed by atoms with van der Waals surface area (Å²) in [5, 5.41) is 4.19. The van der Waals surface area contributed by atoms with E-state index in [1.807, 2.05) is 68.6 Å². The molecule has 7 rings (SSSR count). The third-order valence-corrected chi connectivity index (χ3v) is 10.1. The summed E-state index contributed by atoms with van der Waals surface area (Å²) < 4.78 is 35.6. The maximum Gasteiger partial charge on any atom is 0.278 e. The van der Waals surface area contributed by atoms with Gasteiger partial charge in [0.15, 0.2) is 0 Å². The molecule has 13 heteroatoms. The lowest BCUT2D eigenvalue weighted by Gasteiger charge is -2.41. The number of aromatic nitrogens is 4. The van der Waals surface area contributed by atoms with E-state index in [2.05, 4.69) is 20.7 Å². The summed E-state index contributed by atoms with van der Waals surface area (Å²) in [7, 11) is -2.40. The number of amides is 1. The van der Waals surface area contributed by atoms with Gasteiger partial charge >= 0.3 is 0 Å². The van der Waals surface area contributed by atoms with Crippen LogP contribution in [0.5, 0.6) is 5.75 Å². The van der Waals surface area contributed by atoms with Crippen molar-refractivity contribution in [3.63, 3.8) is 0 Å². The standard InChI is InChI=1S/C34H32N8O4S/c1-21-15-17-40-30(21)34(43)42(25-7-5-4-6-8-25)33(39-40)22(2)38-32-29(31(35)36-20-37-32)24-10-9-23-16-18-41(28(23)19-24)47(44,45)27-13-11-26(46-3)12-14-27/h4-20,22,33,39H,1-3H3,(H3,35,36,37,38)/t22-,33?/m0/s1. The van der Waals surface area contributed by atoms with E-state index in [9.17, 15) is 13.2 Å². The van der Waals surface area contributed by atoms with Gasteiger partial charge in [-0.25, -0.2) is 22.4 Å². The molecule has 4 N–H and O–H groups in total. The second-order valence-electron chi connectivity index (χ2n) is 11.3. The van der Waals surface area contributed by atoms with Crippen molar-refractivity contribution in [3.8, 4) is 16.9 Å². The normalized spacial score (nSPS) is 15.3. The molecule has 0 bridgehead atoms. The van der Waals surface area contributed by atoms with E-state index in [0.717, 1.165) is 16.6 Å². The minimum Gasteiger partial charge on any atom is -0.497 e. The van der Waals surface area contributed by atoms with Gasteiger partial charge in [0, 0.05) is 23.5 Å². The van der Waals surface area contributed by atoms with Gasteiger partial charge in [0.1, 0.15) is 35.6 Å². The minimum atomic E-state index is -3.93. The topological polar surface area (TPSA) is 149 Å². The molecule has 0 aliphatic carbocycles. The molecule has 1 amide bonds. The number of benzene rings is 3. The van der Waals surface area contributed by atoms with Crippen LogP contribution in [-0.4, -0.2) is 52.3 Å². The highest BCUT2D eigenvalue weighted by atomic mass is 32.2. The molecule has 47 heavy (non-hydrogen) atoms. The Hall–Kier alpha value is -5.82. The summed E-state index contributed by atoms with van der Waals surface area (Å²) in [6.45, 7) is 3.85. The lowest BCUT2D eigenvalue weighted by molar-refractivity contribution is 0.0954. The molecule has 0 fully saturated rings. The second kappa shape index (κ2) is 11.5. The molecule has 6 aromatic rings. The number of nitrogens with one attached hydrogen (secondary N) is 2. The number of hydrogen-bond donors (Lipinski definition) is 3. The average molecular weight is 649 g/mol. The number of carbonyl (C=O) groups is 1. The van der Waals surface area contributed by atoms with E-state index < -0.39 is 22.2 Å². The highest BCUT2D eigenvalue weighted by molar-refractivity contribution is 7.90. The third kappa shape index (κ3) is 5.10. The van der Waals surface area contributed by atoms with Gasteiger partial charge in [-0.15, -0.1) is 0 Å². The molecule has 2 atom stereocenters. The zero-order valence-electron chi connectivity index (χ0n) is 25.8. The number of nitrogens with zero attached hydrogens (tertiary/aromatic N) is 5. The number of anilines is 3. The van der Waals surface area contributed by atoms with Crippen molar-refractivity contribution < 1.29 is 17.9 Å². The number of nitrogen functional groups attached to an aromatic ring is 1. The molecule has 12 nitrogen and oxygen atoms in total. The maximum absolute atomic E-state index is 13.9. The lowest BCUT2D eigenvalue weighted by Crippen LogP contribution is -2.59. The molecule has 1 aliphatic rings. The van der Waals surface area contributed by atoms with Crippen LogP contribution in [0.2, 0.25) is 0 Å². The van der Waals surface area contributed by atoms with E-state index in [4.69, 9.17) is 10.5 Å². The van der Waals surface area contributed by atoms with Crippen molar-refractivity contribution in [2.75, 3.05) is 28.5 Å². The van der Waals surface area contributed by atoms with Crippen LogP contribution < -0.4 is 26.1 Å². The van der Waals surface area contributed by atoms with Crippen LogP contribution in [0, 0.1) is 6.92 Å². The monoisotopic (exact) mass is 648 g/mol. The molecular formula is C34H32N8O4S. The van der Waals surface area contributed by atoms with Gasteiger partial charge in [-0.05, 0) is 79.6 Å². The van der Waals surface area contributed by atoms with E-state index in [1.165, 1.54) is 35.7 Å². The maximum atomic E-state index is 13.9. The Morgan fingerprint density at radius 2 is 1.74 bits per heavy atom. The van der Waals surface area contributed by atoms with Gasteiger partial charge in [-0.3, -0.25) is 14.4 Å². The highest BCUT2D eigenvalue weighted by Crippen LogP contribution is 2.35. The fourth-order valence-corrected chi connectivity index (χ4v) is 7.31. The van der Waals surface area contributed by atoms with Crippen molar-refractivity contribution in [1.29, 1.82) is 0 Å². The predicted octanol–water partition coefficient (Wildman–Crippen LogP) is 5.07. The van der Waals surface area contributed by atoms with E-state index in [0.29, 0.717) is 33.9 Å². The second-order valence-corrected chi connectivity index (χ2v) is 13.1. The average Bonchev–Trinajstić information content (AvgIpc) is 3.68. The first-order valence-electron chi connectivity index (χ1n) is 14.9. The zero-order valence-corrected chi connectivity index (χ0v) is 26.6. The number of nitrogens with two attached hydrogens (primary N) is 1. The van der Waals surface area contributed by atoms with Crippen LogP contribution in [0.4, 0.5) is 17.3 Å². The van der Waals surface area contributed by atoms with E-state index in [1.54, 1.807) is 33.8 Å². The zero-order chi connectivity index (χ0) is 32.9. The Morgan fingerprint density at radius 3 is 2.49 bits per heavy atom. The third-order valence-electron chi connectivity index (χ3n) is 8.37. The largest absolute Gasteiger partial charge is 0.497 e. The van der Waals surface area contributed by atoms with Crippen molar-refractivity contribution in [2.24, 2.45) is 0 Å². The van der Waals surface area contributed by atoms with Crippen LogP contribution in [-0.2, 0) is 10.0 Å². The van der Waals surface area contributed by atoms with Gasteiger partial charge in [0.25, 0.3) is 15.9 Å². The van der Waals surface area contributed by atoms with Crippen molar-refractivity contribution in [3.05, 3.63) is 115 Å². The summed E-state index contributed by atoms with van der Waals surface area (Å²) in [5.41, 5.74) is 13.7. The molecule has 238 valence electrons. The van der Waals surface area contributed by atoms with Gasteiger partial charge < -0.3 is 21.2 Å². The highest BCUT2D eigenvalue weighted by Gasteiger charge is 2.38. The Labute approximate surface area is 271 Å². The quantitative estimate of drug-likeness (QED) is 0.206. The number of methoxy groups -OCH3 is 1. The number of ether oxygens (including phenoxy) is 1. The number of hydrogen-bond acceptors (Lipinski definition) is 9. The van der Waals surface area contributed by atoms with E-state index in [-0.39, 0.29) is 16.6 Å². The SMILES string of the molecule is COc1ccc(S(=O)(=O)n2ccc3ccc(-c4c(N)ncnc4N[C@@H](C)C4Nn5ccc(C)c5C(=O)N4c4ccccc4)cc32)cc1. The summed E-state index contributed by atoms with van der Waals surface area (Å²) in [4.78, 5) is 24.5. The minimum absolute atomic E-state index is 0.124. The first-order valence-corrected chi connectivity index (χ1v) is 16.3. The number of aryl methyl sites for hydroxylation is 1. The number of rotatable bonds is 8. The number of para-hydroxylation sites is 1. The fourth-order valence-electron chi connectivity index (χ4n) is 5.97. The first-order chi connectivity index (χ1) is 22.7. The molecule has 0 spiro atoms. The summed E-state index contributed by atoms with van der Waals surface area (Å²) in [6.07, 6.45) is 4.21. The Morgan fingerprint density at radius 1 is 0.979 bits per heavy atom. The van der Waals surface area contributed by atoms with Gasteiger partial charge in [0.2, 0.25) is 0 Å². The molecule has 0 saturated heterocycles. The van der Waals surface area contributed by atoms with Crippen LogP contribution >= 0.6 is 0 Å². The summed E-state index contributed by atoms with van der Waals surface area (Å²) in [6, 6.07) is 24.4. The summed E-state index contributed by atoms with van der Waals surface area (Å²) >= 11 is 0. The smallest absolute Gasteiger partial charge is 0.278 e. The Balaban J connectivity index is 1.26. The predicted molar refractivity (Wildman–Crippen MR) is 182 cm³/mol. The first kappa shape index (κ1) is 29.9. The number of carbonyl (C=O) groups excluding carboxylic acids is 1. The van der Waals surface area contributed by atoms with Crippen molar-refractivity contribution in [2.45, 2.75) is 31.0 Å². The van der Waals surface area contributed by atoms with Gasteiger partial charge in [0.05, 0.1) is 29.1 Å². The van der Waals surface area contributed by atoms with Crippen LogP contribution in [0.1, 0.15) is 23.0 Å². The van der Waals surface area contributed by atoms with Crippen LogP contribution in [0.15, 0.2) is 109 Å². The number of fused-ring (bicyclic) bond motifs is 2. The Bertz CT molecular complexity index is 2230. The molecule has 0 saturated carbocycles. The fraction of sp³-hybridized carbons (Fsp3) is 0.147. The molecule has 4 heterocycles. The van der Waals surface area contributed by atoms with Crippen LogP contribution in [0.25, 0.3) is 22.0 Å². The lowest BCUT2D eigenvalue weighted by atomic mass is 10.0. The molecule has 0 radical (unpaired) electrons. The molecule has 1 aliphatic heterocycles. The van der Waals surface area contributed by atoms with Crippen molar-refractivity contribution in [1.82, 2.24) is 18.6 Å². The summed E-state index contributed by atoms with van der Waals surface area (Å²) in [5.74, 6) is 1.06. The molecule has 3 aromatic carbocycles. The molecule has 1 unspecified atom stereocenters. The van der Waals surface area contributed by atoms with Crippen molar-refractivity contribution >= 4 is 44.2 Å². The Kier molecular flexibility index (Phi) is 7.32. The molecular weight excluding hydrogens is 616 g/mol. The van der Waals surface area contributed by atoms with Crippen LogP contribution in [0.3, 0.4) is 0 Å². The molecule has 3 aromatic heterocycles. The van der Waals surface area contributed by atoms with E-state index >= 15 is 0 Å². The van der Waals surface area contributed by atoms with Gasteiger partial charge in [-0.1, -0.05) is 30.3 Å².